The largest absolute Gasteiger partial charge is 0.358 e. The minimum atomic E-state index is -3.85. The second-order valence-electron chi connectivity index (χ2n) is 4.01. The lowest BCUT2D eigenvalue weighted by Crippen LogP contribution is -1.97. The van der Waals surface area contributed by atoms with Gasteiger partial charge in [-0.25, -0.2) is 13.1 Å². The summed E-state index contributed by atoms with van der Waals surface area (Å²) in [6.45, 7) is 0. The van der Waals surface area contributed by atoms with Gasteiger partial charge in [0.05, 0.1) is 21.8 Å². The third-order valence-corrected chi connectivity index (χ3v) is 4.65. The fourth-order valence-electron chi connectivity index (χ4n) is 1.98. The minimum Gasteiger partial charge on any atom is -0.358 e. The molecule has 0 bridgehead atoms. The van der Waals surface area contributed by atoms with E-state index in [4.69, 9.17) is 33.9 Å². The second kappa shape index (κ2) is 4.66. The lowest BCUT2D eigenvalue weighted by atomic mass is 10.2. The van der Waals surface area contributed by atoms with Crippen LogP contribution in [0, 0.1) is 0 Å². The Balaban J connectivity index is 2.38. The van der Waals surface area contributed by atoms with E-state index in [2.05, 4.69) is 10.1 Å². The van der Waals surface area contributed by atoms with Gasteiger partial charge in [0.2, 0.25) is 0 Å². The van der Waals surface area contributed by atoms with E-state index in [1.54, 1.807) is 18.3 Å². The molecule has 3 rings (SSSR count). The molecule has 0 saturated carbocycles. The van der Waals surface area contributed by atoms with Gasteiger partial charge in [-0.3, -0.25) is 0 Å². The number of halogens is 3. The fraction of sp³-hybridized carbons (Fsp3) is 0. The summed E-state index contributed by atoms with van der Waals surface area (Å²) in [5.41, 5.74) is 1.01. The molecule has 0 atom stereocenters. The summed E-state index contributed by atoms with van der Waals surface area (Å²) < 4.78 is 24.5. The second-order valence-corrected chi connectivity index (χ2v) is 7.39. The first-order chi connectivity index (χ1) is 9.38. The lowest BCUT2D eigenvalue weighted by Gasteiger charge is -2.06. The topological polar surface area (TPSA) is 67.8 Å². The third kappa shape index (κ3) is 2.18. The summed E-state index contributed by atoms with van der Waals surface area (Å²) in [5.74, 6) is 0. The molecule has 2 heterocycles. The summed E-state index contributed by atoms with van der Waals surface area (Å²) in [5, 5.41) is 5.34. The molecule has 0 spiro atoms. The van der Waals surface area contributed by atoms with Gasteiger partial charge in [0, 0.05) is 28.5 Å². The van der Waals surface area contributed by atoms with E-state index in [-0.39, 0.29) is 4.90 Å². The van der Waals surface area contributed by atoms with Crippen molar-refractivity contribution < 1.29 is 8.42 Å². The zero-order valence-corrected chi connectivity index (χ0v) is 12.7. The molecule has 20 heavy (non-hydrogen) atoms. The highest BCUT2D eigenvalue weighted by atomic mass is 35.7. The number of fused-ring (bicyclic) bond motifs is 1. The lowest BCUT2D eigenvalue weighted by molar-refractivity contribution is 0.610. The first-order valence-corrected chi connectivity index (χ1v) is 8.39. The molecule has 1 N–H and O–H groups in total. The van der Waals surface area contributed by atoms with Gasteiger partial charge in [-0.15, -0.1) is 0 Å². The summed E-state index contributed by atoms with van der Waals surface area (Å²) >= 11 is 12.0. The van der Waals surface area contributed by atoms with Crippen molar-refractivity contribution in [1.29, 1.82) is 0 Å². The molecule has 0 aliphatic carbocycles. The predicted octanol–water partition coefficient (Wildman–Crippen LogP) is 3.59. The molecule has 0 unspecified atom stereocenters. The van der Waals surface area contributed by atoms with E-state index in [0.717, 1.165) is 0 Å². The van der Waals surface area contributed by atoms with Gasteiger partial charge in [0.25, 0.3) is 9.05 Å². The van der Waals surface area contributed by atoms with E-state index in [1.807, 2.05) is 0 Å². The first-order valence-electron chi connectivity index (χ1n) is 5.33. The van der Waals surface area contributed by atoms with E-state index < -0.39 is 9.05 Å². The van der Waals surface area contributed by atoms with Crippen LogP contribution in [0.4, 0.5) is 0 Å². The zero-order chi connectivity index (χ0) is 14.5. The van der Waals surface area contributed by atoms with Gasteiger partial charge in [-0.1, -0.05) is 23.2 Å². The highest BCUT2D eigenvalue weighted by Crippen LogP contribution is 2.33. The monoisotopic (exact) mass is 349 g/mol. The van der Waals surface area contributed by atoms with Crippen molar-refractivity contribution >= 4 is 53.8 Å². The van der Waals surface area contributed by atoms with Crippen LogP contribution < -0.4 is 0 Å². The molecule has 2 aromatic heterocycles. The Morgan fingerprint density at radius 2 is 2.00 bits per heavy atom. The van der Waals surface area contributed by atoms with Gasteiger partial charge in [-0.2, -0.15) is 5.10 Å². The van der Waals surface area contributed by atoms with Crippen molar-refractivity contribution in [3.63, 3.8) is 0 Å². The highest BCUT2D eigenvalue weighted by Gasteiger charge is 2.20. The van der Waals surface area contributed by atoms with Crippen molar-refractivity contribution in [3.8, 4) is 5.69 Å². The zero-order valence-electron chi connectivity index (χ0n) is 9.64. The van der Waals surface area contributed by atoms with Crippen LogP contribution in [-0.4, -0.2) is 23.2 Å². The molecule has 9 heteroatoms. The molecule has 1 aromatic carbocycles. The highest BCUT2D eigenvalue weighted by molar-refractivity contribution is 8.14. The summed E-state index contributed by atoms with van der Waals surface area (Å²) in [4.78, 5) is 2.85. The van der Waals surface area contributed by atoms with Crippen molar-refractivity contribution in [1.82, 2.24) is 14.8 Å². The number of H-pyrrole nitrogens is 1. The Morgan fingerprint density at radius 3 is 2.60 bits per heavy atom. The fourth-order valence-corrected chi connectivity index (χ4v) is 3.38. The number of nitrogens with one attached hydrogen (secondary N) is 1. The number of hydrogen-bond acceptors (Lipinski definition) is 3. The number of aromatic amines is 1. The Hall–Kier alpha value is -1.21. The van der Waals surface area contributed by atoms with Crippen molar-refractivity contribution in [2.45, 2.75) is 4.90 Å². The number of aromatic nitrogens is 3. The molecular weight excluding hydrogens is 345 g/mol. The van der Waals surface area contributed by atoms with Crippen LogP contribution in [0.3, 0.4) is 0 Å². The van der Waals surface area contributed by atoms with Gasteiger partial charge in [0.1, 0.15) is 10.6 Å². The van der Waals surface area contributed by atoms with E-state index >= 15 is 0 Å². The maximum atomic E-state index is 11.5. The standard InChI is InChI=1S/C11H6Cl3N3O2S/c12-6-3-16-17(5-6)11-8(13)2-1-7-9(20(14,18)19)4-15-10(7)11/h1-5,15H. The third-order valence-electron chi connectivity index (χ3n) is 2.78. The summed E-state index contributed by atoms with van der Waals surface area (Å²) in [6, 6.07) is 3.16. The average molecular weight is 351 g/mol. The van der Waals surface area contributed by atoms with Crippen molar-refractivity contribution in [2.24, 2.45) is 0 Å². The number of benzene rings is 1. The van der Waals surface area contributed by atoms with Crippen LogP contribution in [0.25, 0.3) is 16.6 Å². The molecule has 3 aromatic rings. The minimum absolute atomic E-state index is 0.00895. The van der Waals surface area contributed by atoms with Gasteiger partial charge < -0.3 is 4.98 Å². The number of rotatable bonds is 2. The van der Waals surface area contributed by atoms with E-state index in [0.29, 0.717) is 26.6 Å². The summed E-state index contributed by atoms with van der Waals surface area (Å²) in [7, 11) is 1.55. The van der Waals surface area contributed by atoms with Crippen LogP contribution in [0.1, 0.15) is 0 Å². The molecule has 104 valence electrons. The molecule has 0 aliphatic heterocycles. The van der Waals surface area contributed by atoms with Gasteiger partial charge in [-0.05, 0) is 12.1 Å². The molecule has 0 aliphatic rings. The molecule has 0 fully saturated rings. The van der Waals surface area contributed by atoms with Gasteiger partial charge >= 0.3 is 0 Å². The molecule has 0 amide bonds. The Bertz CT molecular complexity index is 914. The van der Waals surface area contributed by atoms with Crippen LogP contribution in [-0.2, 0) is 9.05 Å². The molecule has 5 nitrogen and oxygen atoms in total. The SMILES string of the molecule is O=S(=O)(Cl)c1c[nH]c2c(-n3cc(Cl)cn3)c(Cl)ccc12. The smallest absolute Gasteiger partial charge is 0.263 e. The van der Waals surface area contributed by atoms with Crippen molar-refractivity contribution in [3.05, 3.63) is 40.8 Å². The quantitative estimate of drug-likeness (QED) is 0.718. The van der Waals surface area contributed by atoms with E-state index in [9.17, 15) is 8.42 Å². The molecular formula is C11H6Cl3N3O2S. The van der Waals surface area contributed by atoms with Crippen molar-refractivity contribution in [2.75, 3.05) is 0 Å². The molecule has 0 saturated heterocycles. The first kappa shape index (κ1) is 13.8. The van der Waals surface area contributed by atoms with Crippen LogP contribution in [0.5, 0.6) is 0 Å². The number of nitrogens with zero attached hydrogens (tertiary/aromatic N) is 2. The summed E-state index contributed by atoms with van der Waals surface area (Å²) in [6.07, 6.45) is 4.34. The Morgan fingerprint density at radius 1 is 1.25 bits per heavy atom. The average Bonchev–Trinajstić information content (AvgIpc) is 2.94. The Labute approximate surface area is 128 Å². The van der Waals surface area contributed by atoms with Gasteiger partial charge in [0.15, 0.2) is 0 Å². The Kier molecular flexibility index (Phi) is 3.21. The predicted molar refractivity (Wildman–Crippen MR) is 78.5 cm³/mol. The maximum absolute atomic E-state index is 11.5. The molecule has 0 radical (unpaired) electrons. The maximum Gasteiger partial charge on any atom is 0.263 e. The van der Waals surface area contributed by atoms with Crippen LogP contribution in [0.15, 0.2) is 35.6 Å². The number of hydrogen-bond donors (Lipinski definition) is 1. The normalized spacial score (nSPS) is 12.2. The van der Waals surface area contributed by atoms with Crippen LogP contribution in [0.2, 0.25) is 10.0 Å². The van der Waals surface area contributed by atoms with Crippen LogP contribution >= 0.6 is 33.9 Å². The van der Waals surface area contributed by atoms with E-state index in [1.165, 1.54) is 17.1 Å².